The summed E-state index contributed by atoms with van der Waals surface area (Å²) in [6.45, 7) is 5.72. The molecule has 0 aromatic heterocycles. The minimum atomic E-state index is -1.26. The molecule has 1 unspecified atom stereocenters. The Hall–Kier alpha value is -2.01. The lowest BCUT2D eigenvalue weighted by Gasteiger charge is -2.41. The number of carbonyl (C=O) groups excluding carboxylic acids is 1. The summed E-state index contributed by atoms with van der Waals surface area (Å²) in [5, 5.41) is 39.4. The number of carbonyl (C=O) groups is 1. The largest absolute Gasteiger partial charge is 0.394 e. The molecule has 1 fully saturated rings. The van der Waals surface area contributed by atoms with Gasteiger partial charge in [0.1, 0.15) is 17.9 Å². The zero-order chi connectivity index (χ0) is 28.0. The second kappa shape index (κ2) is 10.9. The number of aliphatic hydroxyl groups excluding tert-OH is 3. The molecule has 0 saturated carbocycles. The Morgan fingerprint density at radius 2 is 1.84 bits per heavy atom. The highest BCUT2D eigenvalue weighted by molar-refractivity contribution is 6.31. The van der Waals surface area contributed by atoms with Gasteiger partial charge in [-0.2, -0.15) is 0 Å². The minimum Gasteiger partial charge on any atom is -0.394 e. The highest BCUT2D eigenvalue weighted by atomic mass is 35.5. The first-order chi connectivity index (χ1) is 17.8. The first kappa shape index (κ1) is 29.0. The summed E-state index contributed by atoms with van der Waals surface area (Å²) < 4.78 is 29.1. The predicted octanol–water partition coefficient (Wildman–Crippen LogP) is 3.67. The van der Waals surface area contributed by atoms with Gasteiger partial charge in [0.05, 0.1) is 34.2 Å². The molecule has 6 N–H and O–H groups in total. The van der Waals surface area contributed by atoms with Crippen molar-refractivity contribution < 1.29 is 28.9 Å². The van der Waals surface area contributed by atoms with Gasteiger partial charge in [0, 0.05) is 24.2 Å². The molecule has 2 aromatic carbocycles. The topological polar surface area (TPSA) is 114 Å². The lowest BCUT2D eigenvalue weighted by atomic mass is 9.62. The van der Waals surface area contributed by atoms with Crippen molar-refractivity contribution in [2.45, 2.75) is 69.4 Å². The fraction of sp³-hybridized carbons (Fsp3) is 0.519. The lowest BCUT2D eigenvalue weighted by molar-refractivity contribution is -0.123. The molecule has 2 aliphatic rings. The van der Waals surface area contributed by atoms with Crippen LogP contribution in [0.15, 0.2) is 30.3 Å². The van der Waals surface area contributed by atoms with Crippen molar-refractivity contribution in [2.24, 2.45) is 5.41 Å². The van der Waals surface area contributed by atoms with Crippen molar-refractivity contribution >= 4 is 34.8 Å². The lowest BCUT2D eigenvalue weighted by Crippen LogP contribution is -2.52. The summed E-state index contributed by atoms with van der Waals surface area (Å²) >= 11 is 12.2. The predicted molar refractivity (Wildman–Crippen MR) is 142 cm³/mol. The van der Waals surface area contributed by atoms with Gasteiger partial charge in [-0.1, -0.05) is 50.0 Å². The molecule has 0 bridgehead atoms. The van der Waals surface area contributed by atoms with Crippen LogP contribution in [0, 0.1) is 17.0 Å². The quantitative estimate of drug-likeness (QED) is 0.302. The molecule has 2 heterocycles. The second-order valence-electron chi connectivity index (χ2n) is 11.3. The molecule has 38 heavy (non-hydrogen) atoms. The minimum absolute atomic E-state index is 0.0915. The maximum absolute atomic E-state index is 14.9. The van der Waals surface area contributed by atoms with Crippen LogP contribution in [-0.4, -0.2) is 58.8 Å². The van der Waals surface area contributed by atoms with E-state index in [4.69, 9.17) is 28.3 Å². The number of halogens is 4. The Bertz CT molecular complexity index is 1210. The Labute approximate surface area is 230 Å². The molecule has 208 valence electrons. The van der Waals surface area contributed by atoms with Crippen molar-refractivity contribution in [2.75, 3.05) is 18.5 Å². The summed E-state index contributed by atoms with van der Waals surface area (Å²) in [5.74, 6) is -2.53. The third-order valence-corrected chi connectivity index (χ3v) is 8.05. The number of amides is 1. The molecule has 11 heteroatoms. The van der Waals surface area contributed by atoms with Crippen LogP contribution in [0.4, 0.5) is 14.5 Å². The Balaban J connectivity index is 1.90. The number of nitrogens with one attached hydrogen (secondary N) is 3. The van der Waals surface area contributed by atoms with Gasteiger partial charge in [-0.3, -0.25) is 4.79 Å². The van der Waals surface area contributed by atoms with Crippen LogP contribution in [0.25, 0.3) is 0 Å². The van der Waals surface area contributed by atoms with E-state index in [9.17, 15) is 23.8 Å². The van der Waals surface area contributed by atoms with Crippen LogP contribution in [-0.2, 0) is 10.2 Å². The molecular weight excluding hydrogens is 539 g/mol. The summed E-state index contributed by atoms with van der Waals surface area (Å²) in [6, 6.07) is 5.38. The maximum atomic E-state index is 14.9. The normalized spacial score (nSPS) is 27.3. The van der Waals surface area contributed by atoms with Crippen LogP contribution in [0.5, 0.6) is 0 Å². The average Bonchev–Trinajstić information content (AvgIpc) is 3.30. The summed E-state index contributed by atoms with van der Waals surface area (Å²) in [4.78, 5) is 13.6. The van der Waals surface area contributed by atoms with E-state index in [2.05, 4.69) is 16.0 Å². The fourth-order valence-electron chi connectivity index (χ4n) is 5.90. The van der Waals surface area contributed by atoms with E-state index in [1.165, 1.54) is 30.3 Å². The van der Waals surface area contributed by atoms with Crippen molar-refractivity contribution in [3.63, 3.8) is 0 Å². The van der Waals surface area contributed by atoms with Gasteiger partial charge >= 0.3 is 0 Å². The fourth-order valence-corrected chi connectivity index (χ4v) is 6.25. The summed E-state index contributed by atoms with van der Waals surface area (Å²) in [7, 11) is 0. The van der Waals surface area contributed by atoms with E-state index in [1.54, 1.807) is 0 Å². The van der Waals surface area contributed by atoms with E-state index < -0.39 is 59.9 Å². The molecule has 2 aliphatic heterocycles. The van der Waals surface area contributed by atoms with Crippen LogP contribution in [0.2, 0.25) is 10.0 Å². The zero-order valence-corrected chi connectivity index (χ0v) is 22.9. The highest BCUT2D eigenvalue weighted by Gasteiger charge is 2.65. The molecule has 1 spiro atoms. The van der Waals surface area contributed by atoms with E-state index in [0.29, 0.717) is 23.2 Å². The van der Waals surface area contributed by atoms with Gasteiger partial charge in [-0.15, -0.1) is 0 Å². The monoisotopic (exact) mass is 571 g/mol. The van der Waals surface area contributed by atoms with Crippen LogP contribution in [0.3, 0.4) is 0 Å². The molecule has 0 radical (unpaired) electrons. The van der Waals surface area contributed by atoms with Crippen molar-refractivity contribution in [1.82, 2.24) is 10.6 Å². The number of hydrogen-bond donors (Lipinski definition) is 6. The Morgan fingerprint density at radius 1 is 1.16 bits per heavy atom. The van der Waals surface area contributed by atoms with Gasteiger partial charge in [-0.05, 0) is 53.6 Å². The number of aliphatic hydroxyl groups is 3. The highest BCUT2D eigenvalue weighted by Crippen LogP contribution is 2.58. The van der Waals surface area contributed by atoms with Gasteiger partial charge in [0.25, 0.3) is 0 Å². The van der Waals surface area contributed by atoms with Gasteiger partial charge < -0.3 is 31.3 Å². The van der Waals surface area contributed by atoms with Crippen molar-refractivity contribution in [3.8, 4) is 0 Å². The smallest absolute Gasteiger partial charge is 0.237 e. The number of benzene rings is 2. The third-order valence-electron chi connectivity index (χ3n) is 7.47. The summed E-state index contributed by atoms with van der Waals surface area (Å²) in [6.07, 6.45) is -1.61. The SMILES string of the molecule is CC(C)(C)C[C@H]1N[C@@H](C(=O)NCC[C@H](O)CO)[C@H](c2ccc(F)c(Cl)c2)[C@]12c1cc(F)c(Cl)cc1NC2O. The van der Waals surface area contributed by atoms with E-state index >= 15 is 0 Å². The van der Waals surface area contributed by atoms with Crippen LogP contribution >= 0.6 is 23.2 Å². The maximum Gasteiger partial charge on any atom is 0.237 e. The Morgan fingerprint density at radius 3 is 2.47 bits per heavy atom. The van der Waals surface area contributed by atoms with Gasteiger partial charge in [0.15, 0.2) is 0 Å². The van der Waals surface area contributed by atoms with Gasteiger partial charge in [-0.25, -0.2) is 8.78 Å². The number of rotatable bonds is 7. The molecule has 7 nitrogen and oxygen atoms in total. The van der Waals surface area contributed by atoms with E-state index in [0.717, 1.165) is 0 Å². The second-order valence-corrected chi connectivity index (χ2v) is 12.1. The van der Waals surface area contributed by atoms with Crippen LogP contribution in [0.1, 0.15) is 50.7 Å². The first-order valence-electron chi connectivity index (χ1n) is 12.5. The number of hydrogen-bond acceptors (Lipinski definition) is 6. The standard InChI is InChI=1S/C27H33Cl2F2N3O4/c1-26(2,3)11-21-27(15-9-19(31)17(29)10-20(15)33-25(27)38)22(13-4-5-18(30)16(28)8-13)23(34-21)24(37)32-7-6-14(36)12-35/h4-5,8-10,14,21-23,25,33-36,38H,6-7,11-12H2,1-3H3,(H,32,37)/t14-,21+,22-,23+,25?,27-/m0/s1. The zero-order valence-electron chi connectivity index (χ0n) is 21.4. The third kappa shape index (κ3) is 5.24. The molecule has 1 amide bonds. The first-order valence-corrected chi connectivity index (χ1v) is 13.3. The molecule has 2 aromatic rings. The van der Waals surface area contributed by atoms with E-state index in [-0.39, 0.29) is 28.4 Å². The molecule has 1 saturated heterocycles. The van der Waals surface area contributed by atoms with Crippen molar-refractivity contribution in [1.29, 1.82) is 0 Å². The molecule has 4 rings (SSSR count). The molecular formula is C27H33Cl2F2N3O4. The number of anilines is 1. The number of fused-ring (bicyclic) bond motifs is 2. The van der Waals surface area contributed by atoms with Crippen molar-refractivity contribution in [3.05, 3.63) is 63.1 Å². The summed E-state index contributed by atoms with van der Waals surface area (Å²) in [5.41, 5.74) is -0.151. The Kier molecular flexibility index (Phi) is 8.29. The van der Waals surface area contributed by atoms with E-state index in [1.807, 2.05) is 20.8 Å². The molecule has 6 atom stereocenters. The molecule has 0 aliphatic carbocycles. The van der Waals surface area contributed by atoms with Crippen LogP contribution < -0.4 is 16.0 Å². The van der Waals surface area contributed by atoms with Gasteiger partial charge in [0.2, 0.25) is 5.91 Å². The average molecular weight is 572 g/mol.